The van der Waals surface area contributed by atoms with Crippen LogP contribution in [0.2, 0.25) is 0 Å². The summed E-state index contributed by atoms with van der Waals surface area (Å²) in [5, 5.41) is 5.11. The van der Waals surface area contributed by atoms with E-state index < -0.39 is 5.97 Å². The van der Waals surface area contributed by atoms with Gasteiger partial charge in [-0.1, -0.05) is 0 Å². The van der Waals surface area contributed by atoms with Gasteiger partial charge in [0.1, 0.15) is 5.82 Å². The quantitative estimate of drug-likeness (QED) is 0.853. The molecule has 0 bridgehead atoms. The summed E-state index contributed by atoms with van der Waals surface area (Å²) in [6, 6.07) is 5.87. The molecule has 0 fully saturated rings. The zero-order valence-electron chi connectivity index (χ0n) is 8.94. The number of rotatable bonds is 3. The zero-order chi connectivity index (χ0) is 12.3. The van der Waals surface area contributed by atoms with Gasteiger partial charge in [0, 0.05) is 11.1 Å². The van der Waals surface area contributed by atoms with Gasteiger partial charge in [0.2, 0.25) is 0 Å². The molecular weight excluding hydrogens is 243 g/mol. The molecule has 4 nitrogen and oxygen atoms in total. The summed E-state index contributed by atoms with van der Waals surface area (Å²) in [5.74, 6) is -0.779. The molecule has 1 aromatic heterocycles. The van der Waals surface area contributed by atoms with Crippen LogP contribution in [-0.2, 0) is 4.74 Å². The van der Waals surface area contributed by atoms with Crippen LogP contribution < -0.4 is 5.32 Å². The van der Waals surface area contributed by atoms with Crippen LogP contribution >= 0.6 is 11.3 Å². The number of benzene rings is 1. The van der Waals surface area contributed by atoms with Gasteiger partial charge in [-0.15, -0.1) is 11.3 Å². The van der Waals surface area contributed by atoms with E-state index in [9.17, 15) is 9.18 Å². The summed E-state index contributed by atoms with van der Waals surface area (Å²) in [7, 11) is 1.30. The molecule has 0 saturated carbocycles. The van der Waals surface area contributed by atoms with Crippen LogP contribution in [0.15, 0.2) is 29.6 Å². The van der Waals surface area contributed by atoms with Crippen molar-refractivity contribution < 1.29 is 13.9 Å². The third-order valence-corrected chi connectivity index (χ3v) is 2.75. The molecule has 0 aliphatic carbocycles. The molecule has 0 atom stereocenters. The van der Waals surface area contributed by atoms with Crippen LogP contribution in [0.5, 0.6) is 0 Å². The molecule has 1 N–H and O–H groups in total. The summed E-state index contributed by atoms with van der Waals surface area (Å²) in [6.45, 7) is 0. The fourth-order valence-corrected chi connectivity index (χ4v) is 1.89. The topological polar surface area (TPSA) is 51.2 Å². The van der Waals surface area contributed by atoms with Crippen molar-refractivity contribution >= 4 is 28.1 Å². The maximum Gasteiger partial charge on any atom is 0.357 e. The van der Waals surface area contributed by atoms with Crippen LogP contribution in [0.25, 0.3) is 0 Å². The first-order valence-electron chi connectivity index (χ1n) is 4.75. The fourth-order valence-electron chi connectivity index (χ4n) is 1.19. The van der Waals surface area contributed by atoms with Gasteiger partial charge < -0.3 is 10.1 Å². The highest BCUT2D eigenvalue weighted by Gasteiger charge is 2.10. The van der Waals surface area contributed by atoms with E-state index in [1.54, 1.807) is 17.5 Å². The van der Waals surface area contributed by atoms with Crippen LogP contribution in [0, 0.1) is 5.82 Å². The van der Waals surface area contributed by atoms with Gasteiger partial charge in [0.05, 0.1) is 7.11 Å². The van der Waals surface area contributed by atoms with E-state index in [4.69, 9.17) is 0 Å². The number of hydrogen-bond donors (Lipinski definition) is 1. The molecule has 88 valence electrons. The van der Waals surface area contributed by atoms with Gasteiger partial charge in [-0.05, 0) is 24.3 Å². The Kier molecular flexibility index (Phi) is 3.34. The van der Waals surface area contributed by atoms with Gasteiger partial charge in [0.15, 0.2) is 10.8 Å². The molecule has 2 aromatic rings. The van der Waals surface area contributed by atoms with Crippen LogP contribution in [0.3, 0.4) is 0 Å². The third kappa shape index (κ3) is 2.79. The fraction of sp³-hybridized carbons (Fsp3) is 0.0909. The second-order valence-corrected chi connectivity index (χ2v) is 4.02. The number of halogens is 1. The molecule has 0 spiro atoms. The van der Waals surface area contributed by atoms with Crippen LogP contribution in [-0.4, -0.2) is 18.1 Å². The third-order valence-electron chi connectivity index (χ3n) is 1.99. The van der Waals surface area contributed by atoms with Crippen LogP contribution in [0.4, 0.5) is 15.2 Å². The predicted molar refractivity (Wildman–Crippen MR) is 63.1 cm³/mol. The highest BCUT2D eigenvalue weighted by molar-refractivity contribution is 7.14. The first-order valence-corrected chi connectivity index (χ1v) is 5.63. The van der Waals surface area contributed by atoms with Crippen molar-refractivity contribution in [3.63, 3.8) is 0 Å². The normalized spacial score (nSPS) is 10.0. The number of hydrogen-bond acceptors (Lipinski definition) is 5. The van der Waals surface area contributed by atoms with Gasteiger partial charge in [-0.25, -0.2) is 14.2 Å². The lowest BCUT2D eigenvalue weighted by molar-refractivity contribution is 0.0595. The van der Waals surface area contributed by atoms with Crippen molar-refractivity contribution in [1.82, 2.24) is 4.98 Å². The summed E-state index contributed by atoms with van der Waals surface area (Å²) in [4.78, 5) is 15.2. The molecule has 0 saturated heterocycles. The zero-order valence-corrected chi connectivity index (χ0v) is 9.75. The molecule has 1 heterocycles. The lowest BCUT2D eigenvalue weighted by atomic mass is 10.3. The second-order valence-electron chi connectivity index (χ2n) is 3.16. The Hall–Kier alpha value is -1.95. The van der Waals surface area contributed by atoms with E-state index in [0.29, 0.717) is 10.8 Å². The Balaban J connectivity index is 2.11. The SMILES string of the molecule is COC(=O)c1csc(Nc2ccc(F)cc2)n1. The van der Waals surface area contributed by atoms with E-state index in [0.717, 1.165) is 0 Å². The molecule has 6 heteroatoms. The number of anilines is 2. The summed E-state index contributed by atoms with van der Waals surface area (Å²) < 4.78 is 17.2. The maximum absolute atomic E-state index is 12.7. The van der Waals surface area contributed by atoms with Gasteiger partial charge in [0.25, 0.3) is 0 Å². The second kappa shape index (κ2) is 4.92. The van der Waals surface area contributed by atoms with Gasteiger partial charge in [-0.2, -0.15) is 0 Å². The number of ether oxygens (including phenoxy) is 1. The number of esters is 1. The first kappa shape index (κ1) is 11.5. The van der Waals surface area contributed by atoms with Crippen LogP contribution in [0.1, 0.15) is 10.5 Å². The average molecular weight is 252 g/mol. The minimum Gasteiger partial charge on any atom is -0.464 e. The molecule has 0 radical (unpaired) electrons. The number of carbonyl (C=O) groups excluding carboxylic acids is 1. The Morgan fingerprint density at radius 3 is 2.76 bits per heavy atom. The molecule has 2 rings (SSSR count). The van der Waals surface area contributed by atoms with E-state index in [-0.39, 0.29) is 11.5 Å². The number of thiazole rings is 1. The standard InChI is InChI=1S/C11H9FN2O2S/c1-16-10(15)9-6-17-11(14-9)13-8-4-2-7(12)3-5-8/h2-6H,1H3,(H,13,14). The van der Waals surface area contributed by atoms with Crippen molar-refractivity contribution in [3.05, 3.63) is 41.2 Å². The van der Waals surface area contributed by atoms with Crippen molar-refractivity contribution in [3.8, 4) is 0 Å². The number of methoxy groups -OCH3 is 1. The molecule has 0 aliphatic heterocycles. The summed E-state index contributed by atoms with van der Waals surface area (Å²) >= 11 is 1.28. The van der Waals surface area contributed by atoms with Gasteiger partial charge in [-0.3, -0.25) is 0 Å². The van der Waals surface area contributed by atoms with Crippen molar-refractivity contribution in [1.29, 1.82) is 0 Å². The van der Waals surface area contributed by atoms with Crippen molar-refractivity contribution in [2.24, 2.45) is 0 Å². The Morgan fingerprint density at radius 2 is 2.12 bits per heavy atom. The predicted octanol–water partition coefficient (Wildman–Crippen LogP) is 2.81. The summed E-state index contributed by atoms with van der Waals surface area (Å²) in [6.07, 6.45) is 0. The minimum atomic E-state index is -0.478. The largest absolute Gasteiger partial charge is 0.464 e. The Bertz CT molecular complexity index is 525. The molecule has 0 amide bonds. The monoisotopic (exact) mass is 252 g/mol. The van der Waals surface area contributed by atoms with E-state index >= 15 is 0 Å². The minimum absolute atomic E-state index is 0.252. The number of carbonyl (C=O) groups is 1. The smallest absolute Gasteiger partial charge is 0.357 e. The highest BCUT2D eigenvalue weighted by atomic mass is 32.1. The maximum atomic E-state index is 12.7. The van der Waals surface area contributed by atoms with E-state index in [1.807, 2.05) is 0 Å². The molecular formula is C11H9FN2O2S. The molecule has 1 aromatic carbocycles. The Morgan fingerprint density at radius 1 is 1.41 bits per heavy atom. The van der Waals surface area contributed by atoms with Crippen molar-refractivity contribution in [2.75, 3.05) is 12.4 Å². The summed E-state index contributed by atoms with van der Waals surface area (Å²) in [5.41, 5.74) is 0.958. The molecule has 17 heavy (non-hydrogen) atoms. The first-order chi connectivity index (χ1) is 8.19. The number of aromatic nitrogens is 1. The van der Waals surface area contributed by atoms with E-state index in [1.165, 1.54) is 30.6 Å². The number of nitrogens with zero attached hydrogens (tertiary/aromatic N) is 1. The lowest BCUT2D eigenvalue weighted by Gasteiger charge is -2.01. The molecule has 0 unspecified atom stereocenters. The van der Waals surface area contributed by atoms with E-state index in [2.05, 4.69) is 15.0 Å². The van der Waals surface area contributed by atoms with Crippen molar-refractivity contribution in [2.45, 2.75) is 0 Å². The highest BCUT2D eigenvalue weighted by Crippen LogP contribution is 2.21. The number of nitrogens with one attached hydrogen (secondary N) is 1. The lowest BCUT2D eigenvalue weighted by Crippen LogP contribution is -2.01. The van der Waals surface area contributed by atoms with Gasteiger partial charge >= 0.3 is 5.97 Å². The average Bonchev–Trinajstić information content (AvgIpc) is 2.80. The Labute approximate surface area is 101 Å². The molecule has 0 aliphatic rings.